The zero-order chi connectivity index (χ0) is 35.9. The Bertz CT molecular complexity index is 742. The molecule has 0 fully saturated rings. The van der Waals surface area contributed by atoms with Gasteiger partial charge in [-0.15, -0.1) is 0 Å². The van der Waals surface area contributed by atoms with Gasteiger partial charge in [-0.1, -0.05) is 72.6 Å². The van der Waals surface area contributed by atoms with Gasteiger partial charge in [-0.25, -0.2) is 9.59 Å². The summed E-state index contributed by atoms with van der Waals surface area (Å²) >= 11 is 0. The van der Waals surface area contributed by atoms with Crippen molar-refractivity contribution in [2.24, 2.45) is 0 Å². The van der Waals surface area contributed by atoms with Crippen LogP contribution in [0.5, 0.6) is 0 Å². The Kier molecular flexibility index (Phi) is 37.7. The fraction of sp³-hybridized carbons (Fsp3) is 0.861. The SMILES string of the molecule is CCCCOC(=O)CCCCCNC(=O)CCCCCNC(=O)OCCCC.CCCCOC(=O)CCCCCNC(=O)OCCCC.[HH]. The number of unbranched alkanes of at least 4 members (excludes halogenated alkanes) is 10. The van der Waals surface area contributed by atoms with Crippen LogP contribution in [0.4, 0.5) is 9.59 Å². The summed E-state index contributed by atoms with van der Waals surface area (Å²) in [5, 5.41) is 8.31. The minimum absolute atomic E-state index is 0. The number of amides is 3. The number of hydrogen-bond acceptors (Lipinski definition) is 9. The molecule has 0 aromatic heterocycles. The van der Waals surface area contributed by atoms with Crippen LogP contribution in [0.3, 0.4) is 0 Å². The summed E-state index contributed by atoms with van der Waals surface area (Å²) in [7, 11) is 0. The van der Waals surface area contributed by atoms with Crippen molar-refractivity contribution in [2.75, 3.05) is 46.1 Å². The quantitative estimate of drug-likeness (QED) is 0.0389. The summed E-state index contributed by atoms with van der Waals surface area (Å²) in [5.74, 6) is -0.183. The number of nitrogens with one attached hydrogen (secondary N) is 3. The molecule has 0 radical (unpaired) electrons. The van der Waals surface area contributed by atoms with Gasteiger partial charge in [0.15, 0.2) is 0 Å². The molecule has 0 atom stereocenters. The van der Waals surface area contributed by atoms with E-state index in [4.69, 9.17) is 18.9 Å². The van der Waals surface area contributed by atoms with Crippen molar-refractivity contribution in [1.29, 1.82) is 0 Å². The predicted molar refractivity (Wildman–Crippen MR) is 191 cm³/mol. The topological polar surface area (TPSA) is 158 Å². The van der Waals surface area contributed by atoms with Crippen LogP contribution in [0.25, 0.3) is 0 Å². The first-order valence-electron chi connectivity index (χ1n) is 18.7. The van der Waals surface area contributed by atoms with E-state index in [0.717, 1.165) is 109 Å². The van der Waals surface area contributed by atoms with E-state index in [1.54, 1.807) is 0 Å². The molecule has 0 spiro atoms. The number of carbonyl (C=O) groups is 5. The van der Waals surface area contributed by atoms with E-state index in [1.807, 2.05) is 6.92 Å². The van der Waals surface area contributed by atoms with Crippen LogP contribution >= 0.6 is 0 Å². The van der Waals surface area contributed by atoms with Crippen LogP contribution in [0.15, 0.2) is 0 Å². The zero-order valence-electron chi connectivity index (χ0n) is 30.8. The molecule has 0 aliphatic carbocycles. The van der Waals surface area contributed by atoms with Crippen molar-refractivity contribution in [3.8, 4) is 0 Å². The van der Waals surface area contributed by atoms with E-state index >= 15 is 0 Å². The third-order valence-electron chi connectivity index (χ3n) is 7.04. The van der Waals surface area contributed by atoms with E-state index in [0.29, 0.717) is 65.3 Å². The van der Waals surface area contributed by atoms with Crippen molar-refractivity contribution < 1.29 is 44.3 Å². The largest absolute Gasteiger partial charge is 0.466 e. The minimum Gasteiger partial charge on any atom is -0.466 e. The van der Waals surface area contributed by atoms with Crippen molar-refractivity contribution >= 4 is 30.0 Å². The normalized spacial score (nSPS) is 10.2. The highest BCUT2D eigenvalue weighted by molar-refractivity contribution is 5.75. The first kappa shape index (κ1) is 47.1. The second-order valence-corrected chi connectivity index (χ2v) is 11.8. The lowest BCUT2D eigenvalue weighted by atomic mass is 10.1. The lowest BCUT2D eigenvalue weighted by molar-refractivity contribution is -0.144. The third kappa shape index (κ3) is 39.1. The summed E-state index contributed by atoms with van der Waals surface area (Å²) in [6.45, 7) is 12.0. The number of hydrogen-bond donors (Lipinski definition) is 3. The maximum Gasteiger partial charge on any atom is 0.407 e. The van der Waals surface area contributed by atoms with Gasteiger partial charge in [0.1, 0.15) is 0 Å². The number of alkyl carbamates (subject to hydrolysis) is 2. The Labute approximate surface area is 292 Å². The highest BCUT2D eigenvalue weighted by Crippen LogP contribution is 2.04. The molecule has 0 aliphatic heterocycles. The smallest absolute Gasteiger partial charge is 0.407 e. The highest BCUT2D eigenvalue weighted by Gasteiger charge is 2.05. The second-order valence-electron chi connectivity index (χ2n) is 11.8. The van der Waals surface area contributed by atoms with Crippen molar-refractivity contribution in [3.63, 3.8) is 0 Å². The molecule has 284 valence electrons. The van der Waals surface area contributed by atoms with Crippen molar-refractivity contribution in [2.45, 2.75) is 156 Å². The molecule has 0 rings (SSSR count). The van der Waals surface area contributed by atoms with Crippen molar-refractivity contribution in [3.05, 3.63) is 0 Å². The van der Waals surface area contributed by atoms with Gasteiger partial charge >= 0.3 is 24.1 Å². The molecule has 12 heteroatoms. The van der Waals surface area contributed by atoms with Gasteiger partial charge in [-0.05, 0) is 64.2 Å². The van der Waals surface area contributed by atoms with Gasteiger partial charge in [0.2, 0.25) is 5.91 Å². The molecule has 0 aromatic carbocycles. The standard InChI is InChI=1S/C21H40N2O5.C15H29NO4.H2/c1-3-5-17-27-20(25)14-10-8-11-15-22-19(24)13-9-7-12-16-23-21(26)28-18-6-4-2;1-3-5-12-19-14(17)10-8-7-9-11-16-15(18)20-13-6-4-2;/h3-18H2,1-2H3,(H,22,24)(H,23,26);3-13H2,1-2H3,(H,16,18);1H. The van der Waals surface area contributed by atoms with E-state index in [-0.39, 0.29) is 31.5 Å². The number of rotatable bonds is 30. The van der Waals surface area contributed by atoms with Crippen LogP contribution in [0.2, 0.25) is 0 Å². The monoisotopic (exact) mass is 690 g/mol. The minimum atomic E-state index is -0.361. The van der Waals surface area contributed by atoms with Crippen LogP contribution in [0, 0.1) is 0 Å². The summed E-state index contributed by atoms with van der Waals surface area (Å²) in [6.07, 6.45) is 16.1. The Morgan fingerprint density at radius 3 is 1.10 bits per heavy atom. The molecule has 12 nitrogen and oxygen atoms in total. The molecule has 3 amide bonds. The predicted octanol–water partition coefficient (Wildman–Crippen LogP) is 7.76. The molecule has 0 saturated heterocycles. The Morgan fingerprint density at radius 2 is 0.729 bits per heavy atom. The lowest BCUT2D eigenvalue weighted by Crippen LogP contribution is -2.26. The van der Waals surface area contributed by atoms with Crippen LogP contribution in [0.1, 0.15) is 158 Å². The summed E-state index contributed by atoms with van der Waals surface area (Å²) < 4.78 is 20.1. The van der Waals surface area contributed by atoms with Crippen LogP contribution < -0.4 is 16.0 Å². The first-order chi connectivity index (χ1) is 23.3. The molecule has 0 saturated carbocycles. The fourth-order valence-corrected chi connectivity index (χ4v) is 3.95. The Hall–Kier alpha value is -3.05. The van der Waals surface area contributed by atoms with Crippen molar-refractivity contribution in [1.82, 2.24) is 16.0 Å². The van der Waals surface area contributed by atoms with Gasteiger partial charge in [0.05, 0.1) is 26.4 Å². The average Bonchev–Trinajstić information content (AvgIpc) is 3.06. The first-order valence-corrected chi connectivity index (χ1v) is 18.7. The third-order valence-corrected chi connectivity index (χ3v) is 7.04. The van der Waals surface area contributed by atoms with E-state index in [9.17, 15) is 24.0 Å². The highest BCUT2D eigenvalue weighted by atomic mass is 16.6. The summed E-state index contributed by atoms with van der Waals surface area (Å²) in [6, 6.07) is 0. The maximum absolute atomic E-state index is 11.7. The Balaban J connectivity index is -0.000000893. The van der Waals surface area contributed by atoms with E-state index < -0.39 is 0 Å². The molecule has 48 heavy (non-hydrogen) atoms. The van der Waals surface area contributed by atoms with Gasteiger partial charge in [0, 0.05) is 40.3 Å². The molecule has 0 unspecified atom stereocenters. The number of ether oxygens (including phenoxy) is 4. The molecule has 0 heterocycles. The summed E-state index contributed by atoms with van der Waals surface area (Å²) in [4.78, 5) is 57.0. The molecular weight excluding hydrogens is 618 g/mol. The number of esters is 2. The van der Waals surface area contributed by atoms with Gasteiger partial charge in [0.25, 0.3) is 0 Å². The van der Waals surface area contributed by atoms with Gasteiger partial charge < -0.3 is 34.9 Å². The molecular formula is C36H71N3O9. The van der Waals surface area contributed by atoms with E-state index in [1.165, 1.54) is 0 Å². The van der Waals surface area contributed by atoms with Gasteiger partial charge in [-0.2, -0.15) is 0 Å². The molecule has 0 aliphatic rings. The summed E-state index contributed by atoms with van der Waals surface area (Å²) in [5.41, 5.74) is 0. The Morgan fingerprint density at radius 1 is 0.396 bits per heavy atom. The van der Waals surface area contributed by atoms with Crippen LogP contribution in [-0.4, -0.2) is 76.1 Å². The maximum atomic E-state index is 11.7. The second kappa shape index (κ2) is 38.4. The molecule has 3 N–H and O–H groups in total. The van der Waals surface area contributed by atoms with Crippen LogP contribution in [-0.2, 0) is 33.3 Å². The fourth-order valence-electron chi connectivity index (χ4n) is 3.95. The van der Waals surface area contributed by atoms with Gasteiger partial charge in [-0.3, -0.25) is 14.4 Å². The number of carbonyl (C=O) groups excluding carboxylic acids is 5. The zero-order valence-corrected chi connectivity index (χ0v) is 30.8. The molecule has 0 bridgehead atoms. The lowest BCUT2D eigenvalue weighted by Gasteiger charge is -2.07. The average molecular weight is 690 g/mol. The van der Waals surface area contributed by atoms with E-state index in [2.05, 4.69) is 36.7 Å². The molecule has 0 aromatic rings.